The molecule has 7 nitrogen and oxygen atoms in total. The molecular formula is C14H12Cl2N6O. The van der Waals surface area contributed by atoms with Crippen LogP contribution in [-0.2, 0) is 0 Å². The Morgan fingerprint density at radius 2 is 2.04 bits per heavy atom. The molecule has 0 radical (unpaired) electrons. The van der Waals surface area contributed by atoms with Crippen molar-refractivity contribution in [3.63, 3.8) is 0 Å². The number of tetrazole rings is 1. The van der Waals surface area contributed by atoms with E-state index in [1.807, 2.05) is 18.2 Å². The first-order chi connectivity index (χ1) is 11.2. The van der Waals surface area contributed by atoms with Crippen LogP contribution in [0.3, 0.4) is 0 Å². The lowest BCUT2D eigenvalue weighted by atomic mass is 10.3. The molecule has 23 heavy (non-hydrogen) atoms. The van der Waals surface area contributed by atoms with E-state index in [-0.39, 0.29) is 6.10 Å². The fourth-order valence-corrected chi connectivity index (χ4v) is 2.87. The number of hydrogen-bond acceptors (Lipinski definition) is 6. The standard InChI is InChI=1S/C14H12Cl2N6O/c15-11-2-1-9(7-12(11)16)23-10-5-6-21(8-10)14-4-3-13-17-19-20-22(13)18-14/h1-4,7,10H,5-6,8H2. The topological polar surface area (TPSA) is 68.4 Å². The van der Waals surface area contributed by atoms with Gasteiger partial charge in [0.1, 0.15) is 11.9 Å². The van der Waals surface area contributed by atoms with Crippen molar-refractivity contribution in [3.8, 4) is 5.75 Å². The van der Waals surface area contributed by atoms with Crippen LogP contribution in [0.5, 0.6) is 5.75 Å². The smallest absolute Gasteiger partial charge is 0.200 e. The van der Waals surface area contributed by atoms with Crippen LogP contribution in [0.1, 0.15) is 6.42 Å². The predicted octanol–water partition coefficient (Wildman–Crippen LogP) is 2.48. The van der Waals surface area contributed by atoms with E-state index < -0.39 is 0 Å². The van der Waals surface area contributed by atoms with Gasteiger partial charge in [0.2, 0.25) is 0 Å². The summed E-state index contributed by atoms with van der Waals surface area (Å²) in [6.45, 7) is 1.59. The van der Waals surface area contributed by atoms with E-state index in [2.05, 4.69) is 25.5 Å². The molecule has 0 N–H and O–H groups in total. The first kappa shape index (κ1) is 14.5. The third-order valence-electron chi connectivity index (χ3n) is 3.72. The summed E-state index contributed by atoms with van der Waals surface area (Å²) in [6.07, 6.45) is 0.967. The molecule has 9 heteroatoms. The number of aromatic nitrogens is 5. The maximum Gasteiger partial charge on any atom is 0.200 e. The highest BCUT2D eigenvalue weighted by atomic mass is 35.5. The van der Waals surface area contributed by atoms with Crippen molar-refractivity contribution in [2.45, 2.75) is 12.5 Å². The fraction of sp³-hybridized carbons (Fsp3) is 0.286. The summed E-state index contributed by atoms with van der Waals surface area (Å²) in [5, 5.41) is 16.7. The van der Waals surface area contributed by atoms with Crippen LogP contribution in [0.15, 0.2) is 30.3 Å². The highest BCUT2D eigenvalue weighted by molar-refractivity contribution is 6.42. The van der Waals surface area contributed by atoms with E-state index >= 15 is 0 Å². The minimum Gasteiger partial charge on any atom is -0.488 e. The van der Waals surface area contributed by atoms with Crippen LogP contribution in [-0.4, -0.2) is 44.4 Å². The van der Waals surface area contributed by atoms with E-state index in [4.69, 9.17) is 27.9 Å². The summed E-state index contributed by atoms with van der Waals surface area (Å²) in [7, 11) is 0. The molecule has 1 aliphatic heterocycles. The highest BCUT2D eigenvalue weighted by Gasteiger charge is 2.25. The lowest BCUT2D eigenvalue weighted by Crippen LogP contribution is -2.25. The van der Waals surface area contributed by atoms with Crippen molar-refractivity contribution in [2.75, 3.05) is 18.0 Å². The normalized spacial score (nSPS) is 17.8. The second-order valence-corrected chi connectivity index (χ2v) is 6.08. The molecule has 3 aromatic rings. The maximum absolute atomic E-state index is 6.01. The van der Waals surface area contributed by atoms with Crippen LogP contribution in [0, 0.1) is 0 Å². The van der Waals surface area contributed by atoms with E-state index in [1.165, 1.54) is 4.63 Å². The summed E-state index contributed by atoms with van der Waals surface area (Å²) >= 11 is 11.9. The molecule has 1 aromatic carbocycles. The molecule has 1 saturated heterocycles. The van der Waals surface area contributed by atoms with Crippen molar-refractivity contribution in [1.82, 2.24) is 25.3 Å². The molecule has 0 bridgehead atoms. The lowest BCUT2D eigenvalue weighted by Gasteiger charge is -2.17. The number of hydrogen-bond donors (Lipinski definition) is 0. The van der Waals surface area contributed by atoms with Gasteiger partial charge in [-0.05, 0) is 34.7 Å². The van der Waals surface area contributed by atoms with Gasteiger partial charge >= 0.3 is 0 Å². The second-order valence-electron chi connectivity index (χ2n) is 5.27. The molecule has 4 rings (SSSR count). The van der Waals surface area contributed by atoms with Crippen LogP contribution < -0.4 is 9.64 Å². The van der Waals surface area contributed by atoms with Crippen LogP contribution in [0.25, 0.3) is 5.65 Å². The summed E-state index contributed by atoms with van der Waals surface area (Å²) in [5.41, 5.74) is 0.622. The van der Waals surface area contributed by atoms with Gasteiger partial charge in [0, 0.05) is 19.0 Å². The number of anilines is 1. The average molecular weight is 351 g/mol. The zero-order valence-corrected chi connectivity index (χ0v) is 13.4. The first-order valence-electron chi connectivity index (χ1n) is 7.11. The fourth-order valence-electron chi connectivity index (χ4n) is 2.58. The van der Waals surface area contributed by atoms with Gasteiger partial charge in [0.05, 0.1) is 16.6 Å². The Morgan fingerprint density at radius 1 is 1.13 bits per heavy atom. The van der Waals surface area contributed by atoms with Gasteiger partial charge in [-0.3, -0.25) is 0 Å². The minimum atomic E-state index is 0.0682. The van der Waals surface area contributed by atoms with Crippen LogP contribution in [0.4, 0.5) is 5.82 Å². The molecule has 1 fully saturated rings. The second kappa shape index (κ2) is 5.82. The van der Waals surface area contributed by atoms with Crippen LogP contribution >= 0.6 is 23.2 Å². The van der Waals surface area contributed by atoms with Crippen molar-refractivity contribution in [2.24, 2.45) is 0 Å². The monoisotopic (exact) mass is 350 g/mol. The SMILES string of the molecule is Clc1ccc(OC2CCN(c3ccc4nnnn4n3)C2)cc1Cl. The third-order valence-corrected chi connectivity index (χ3v) is 4.46. The number of ether oxygens (including phenoxy) is 1. The Hall–Kier alpha value is -2.12. The predicted molar refractivity (Wildman–Crippen MR) is 86.3 cm³/mol. The number of halogens is 2. The molecule has 0 aliphatic carbocycles. The van der Waals surface area contributed by atoms with Gasteiger partial charge in [-0.2, -0.15) is 0 Å². The van der Waals surface area contributed by atoms with Gasteiger partial charge in [-0.15, -0.1) is 14.8 Å². The Balaban J connectivity index is 1.46. The largest absolute Gasteiger partial charge is 0.488 e. The third kappa shape index (κ3) is 2.89. The van der Waals surface area contributed by atoms with Crippen molar-refractivity contribution in [3.05, 3.63) is 40.4 Å². The molecular weight excluding hydrogens is 339 g/mol. The van der Waals surface area contributed by atoms with Gasteiger partial charge in [-0.1, -0.05) is 23.2 Å². The van der Waals surface area contributed by atoms with Crippen molar-refractivity contribution >= 4 is 34.7 Å². The van der Waals surface area contributed by atoms with Gasteiger partial charge in [0.15, 0.2) is 11.5 Å². The van der Waals surface area contributed by atoms with Crippen molar-refractivity contribution < 1.29 is 4.74 Å². The van der Waals surface area contributed by atoms with E-state index in [1.54, 1.807) is 12.1 Å². The molecule has 0 amide bonds. The molecule has 1 unspecified atom stereocenters. The van der Waals surface area contributed by atoms with E-state index in [0.717, 1.165) is 31.1 Å². The van der Waals surface area contributed by atoms with E-state index in [9.17, 15) is 0 Å². The van der Waals surface area contributed by atoms with Crippen LogP contribution in [0.2, 0.25) is 10.0 Å². The Bertz CT molecular complexity index is 854. The highest BCUT2D eigenvalue weighted by Crippen LogP contribution is 2.28. The number of fused-ring (bicyclic) bond motifs is 1. The molecule has 0 spiro atoms. The van der Waals surface area contributed by atoms with E-state index in [0.29, 0.717) is 15.7 Å². The van der Waals surface area contributed by atoms with Gasteiger partial charge in [0.25, 0.3) is 0 Å². The lowest BCUT2D eigenvalue weighted by molar-refractivity contribution is 0.225. The maximum atomic E-state index is 6.01. The molecule has 2 aromatic heterocycles. The van der Waals surface area contributed by atoms with Gasteiger partial charge < -0.3 is 9.64 Å². The number of rotatable bonds is 3. The summed E-state index contributed by atoms with van der Waals surface area (Å²) in [6, 6.07) is 9.04. The summed E-state index contributed by atoms with van der Waals surface area (Å²) in [4.78, 5) is 2.14. The first-order valence-corrected chi connectivity index (χ1v) is 7.87. The Kier molecular flexibility index (Phi) is 3.66. The minimum absolute atomic E-state index is 0.0682. The zero-order chi connectivity index (χ0) is 15.8. The summed E-state index contributed by atoms with van der Waals surface area (Å²) in [5.74, 6) is 1.54. The molecule has 0 saturated carbocycles. The van der Waals surface area contributed by atoms with Crippen molar-refractivity contribution in [1.29, 1.82) is 0 Å². The summed E-state index contributed by atoms with van der Waals surface area (Å²) < 4.78 is 7.39. The average Bonchev–Trinajstić information content (AvgIpc) is 3.19. The number of benzene rings is 1. The van der Waals surface area contributed by atoms with Gasteiger partial charge in [-0.25, -0.2) is 0 Å². The molecule has 1 aliphatic rings. The quantitative estimate of drug-likeness (QED) is 0.722. The number of nitrogens with zero attached hydrogens (tertiary/aromatic N) is 6. The zero-order valence-electron chi connectivity index (χ0n) is 11.9. The molecule has 3 heterocycles. The Morgan fingerprint density at radius 3 is 2.91 bits per heavy atom. The molecule has 1 atom stereocenters. The molecule has 118 valence electrons. The Labute approximate surface area is 141 Å².